The minimum absolute atomic E-state index is 0.177. The van der Waals surface area contributed by atoms with Gasteiger partial charge in [-0.25, -0.2) is 12.8 Å². The zero-order chi connectivity index (χ0) is 20.7. The molecule has 0 aliphatic carbocycles. The normalized spacial score (nSPS) is 16.8. The van der Waals surface area contributed by atoms with E-state index in [2.05, 4.69) is 5.32 Å². The number of rotatable bonds is 5. The number of carbonyl (C=O) groups excluding carboxylic acids is 1. The molecule has 1 amide bonds. The van der Waals surface area contributed by atoms with Gasteiger partial charge in [-0.1, -0.05) is 32.0 Å². The molecule has 0 radical (unpaired) electrons. The molecular weight excluding hydrogens is 379 g/mol. The van der Waals surface area contributed by atoms with Crippen molar-refractivity contribution in [3.8, 4) is 0 Å². The topological polar surface area (TPSA) is 66.5 Å². The van der Waals surface area contributed by atoms with Crippen molar-refractivity contribution in [3.05, 3.63) is 65.0 Å². The Morgan fingerprint density at radius 1 is 1.25 bits per heavy atom. The summed E-state index contributed by atoms with van der Waals surface area (Å²) in [4.78, 5) is 12.6. The van der Waals surface area contributed by atoms with E-state index in [1.165, 1.54) is 16.6 Å². The van der Waals surface area contributed by atoms with Crippen molar-refractivity contribution in [2.75, 3.05) is 17.1 Å². The van der Waals surface area contributed by atoms with Gasteiger partial charge in [0.2, 0.25) is 10.0 Å². The molecule has 0 spiro atoms. The number of benzene rings is 2. The summed E-state index contributed by atoms with van der Waals surface area (Å²) in [5.74, 6) is -0.563. The van der Waals surface area contributed by atoms with Gasteiger partial charge in [0.15, 0.2) is 0 Å². The van der Waals surface area contributed by atoms with E-state index >= 15 is 0 Å². The van der Waals surface area contributed by atoms with Gasteiger partial charge in [-0.05, 0) is 48.7 Å². The van der Waals surface area contributed by atoms with Gasteiger partial charge in [-0.3, -0.25) is 9.10 Å². The molecule has 0 bridgehead atoms. The highest BCUT2D eigenvalue weighted by atomic mass is 32.2. The molecule has 0 aromatic heterocycles. The van der Waals surface area contributed by atoms with Gasteiger partial charge in [0.05, 0.1) is 11.9 Å². The summed E-state index contributed by atoms with van der Waals surface area (Å²) in [6.45, 7) is 5.87. The number of hydrogen-bond acceptors (Lipinski definition) is 3. The van der Waals surface area contributed by atoms with Crippen LogP contribution in [0.3, 0.4) is 0 Å². The molecule has 0 saturated heterocycles. The summed E-state index contributed by atoms with van der Waals surface area (Å²) in [6.07, 6.45) is 1.74. The van der Waals surface area contributed by atoms with Crippen LogP contribution in [0.15, 0.2) is 42.5 Å². The molecule has 2 aromatic carbocycles. The Bertz CT molecular complexity index is 1020. The Morgan fingerprint density at radius 3 is 2.57 bits per heavy atom. The largest absolute Gasteiger partial charge is 0.351 e. The Morgan fingerprint density at radius 2 is 1.93 bits per heavy atom. The fourth-order valence-electron chi connectivity index (χ4n) is 3.76. The number of hydrogen-bond donors (Lipinski definition) is 1. The highest BCUT2D eigenvalue weighted by molar-refractivity contribution is 7.92. The van der Waals surface area contributed by atoms with Crippen LogP contribution in [0, 0.1) is 5.82 Å². The molecule has 3 rings (SSSR count). The first-order valence-corrected chi connectivity index (χ1v) is 11.0. The number of carbonyl (C=O) groups is 1. The molecule has 0 fully saturated rings. The second-order valence-electron chi connectivity index (χ2n) is 8.00. The van der Waals surface area contributed by atoms with Crippen molar-refractivity contribution in [1.82, 2.24) is 5.32 Å². The number of halogens is 1. The molecule has 1 heterocycles. The maximum absolute atomic E-state index is 14.1. The fraction of sp³-hybridized carbons (Fsp3) is 0.381. The number of sulfonamides is 1. The molecule has 150 valence electrons. The second kappa shape index (κ2) is 7.20. The number of nitrogens with one attached hydrogen (secondary N) is 1. The third-order valence-electron chi connectivity index (χ3n) is 5.15. The summed E-state index contributed by atoms with van der Waals surface area (Å²) < 4.78 is 39.5. The van der Waals surface area contributed by atoms with Crippen LogP contribution in [0.4, 0.5) is 10.1 Å². The zero-order valence-electron chi connectivity index (χ0n) is 16.5. The Balaban J connectivity index is 1.76. The van der Waals surface area contributed by atoms with E-state index in [1.54, 1.807) is 36.4 Å². The lowest BCUT2D eigenvalue weighted by atomic mass is 9.84. The van der Waals surface area contributed by atoms with E-state index in [4.69, 9.17) is 0 Å². The lowest BCUT2D eigenvalue weighted by Crippen LogP contribution is -2.37. The molecule has 2 aromatic rings. The van der Waals surface area contributed by atoms with E-state index in [9.17, 15) is 17.6 Å². The van der Waals surface area contributed by atoms with Gasteiger partial charge in [0.25, 0.3) is 5.91 Å². The van der Waals surface area contributed by atoms with Crippen LogP contribution in [-0.2, 0) is 21.9 Å². The number of amides is 1. The summed E-state index contributed by atoms with van der Waals surface area (Å²) in [5, 5.41) is 2.87. The van der Waals surface area contributed by atoms with Crippen LogP contribution in [0.25, 0.3) is 0 Å². The lowest BCUT2D eigenvalue weighted by Gasteiger charge is -2.26. The summed E-state index contributed by atoms with van der Waals surface area (Å²) in [7, 11) is -3.37. The first kappa shape index (κ1) is 20.3. The number of fused-ring (bicyclic) bond motifs is 1. The lowest BCUT2D eigenvalue weighted by molar-refractivity contribution is 0.0945. The van der Waals surface area contributed by atoms with E-state index < -0.39 is 15.4 Å². The molecule has 5 nitrogen and oxygen atoms in total. The average Bonchev–Trinajstić information content (AvgIpc) is 2.95. The van der Waals surface area contributed by atoms with Crippen molar-refractivity contribution in [2.45, 2.75) is 38.6 Å². The molecule has 1 aliphatic heterocycles. The molecule has 0 saturated carbocycles. The molecular formula is C21H25FN2O3S. The van der Waals surface area contributed by atoms with Crippen molar-refractivity contribution in [3.63, 3.8) is 0 Å². The maximum Gasteiger partial charge on any atom is 0.251 e. The van der Waals surface area contributed by atoms with E-state index in [-0.39, 0.29) is 24.3 Å². The zero-order valence-corrected chi connectivity index (χ0v) is 17.3. The van der Waals surface area contributed by atoms with Crippen LogP contribution < -0.4 is 9.62 Å². The smallest absolute Gasteiger partial charge is 0.251 e. The number of anilines is 1. The van der Waals surface area contributed by atoms with Crippen molar-refractivity contribution < 1.29 is 17.6 Å². The van der Waals surface area contributed by atoms with Gasteiger partial charge in [-0.2, -0.15) is 0 Å². The minimum Gasteiger partial charge on any atom is -0.351 e. The molecule has 1 atom stereocenters. The van der Waals surface area contributed by atoms with Crippen molar-refractivity contribution in [2.24, 2.45) is 0 Å². The second-order valence-corrected chi connectivity index (χ2v) is 9.86. The molecule has 1 N–H and O–H groups in total. The van der Waals surface area contributed by atoms with Gasteiger partial charge in [-0.15, -0.1) is 0 Å². The predicted octanol–water partition coefficient (Wildman–Crippen LogP) is 3.24. The van der Waals surface area contributed by atoms with E-state index in [1.807, 2.05) is 20.8 Å². The van der Waals surface area contributed by atoms with Gasteiger partial charge in [0.1, 0.15) is 5.82 Å². The van der Waals surface area contributed by atoms with Gasteiger partial charge in [0, 0.05) is 23.6 Å². The molecule has 1 unspecified atom stereocenters. The van der Waals surface area contributed by atoms with Crippen LogP contribution in [0.5, 0.6) is 0 Å². The summed E-state index contributed by atoms with van der Waals surface area (Å²) >= 11 is 0. The molecule has 1 aliphatic rings. The fourth-order valence-corrected chi connectivity index (χ4v) is 5.02. The Hall–Kier alpha value is -2.41. The SMILES string of the molecule is CC1Cc2cc(C(=O)NCC(C)(C)c3ccccc3F)ccc2N1S(C)(=O)=O. The molecule has 7 heteroatoms. The average molecular weight is 405 g/mol. The van der Waals surface area contributed by atoms with Crippen molar-refractivity contribution in [1.29, 1.82) is 0 Å². The van der Waals surface area contributed by atoms with E-state index in [0.717, 1.165) is 5.56 Å². The van der Waals surface area contributed by atoms with Crippen LogP contribution in [0.1, 0.15) is 42.3 Å². The summed E-state index contributed by atoms with van der Waals surface area (Å²) in [6, 6.07) is 11.4. The number of nitrogens with zero attached hydrogens (tertiary/aromatic N) is 1. The maximum atomic E-state index is 14.1. The first-order chi connectivity index (χ1) is 13.0. The highest BCUT2D eigenvalue weighted by Gasteiger charge is 2.33. The van der Waals surface area contributed by atoms with E-state index in [0.29, 0.717) is 23.2 Å². The Kier molecular flexibility index (Phi) is 5.23. The Labute approximate surface area is 165 Å². The predicted molar refractivity (Wildman–Crippen MR) is 109 cm³/mol. The monoisotopic (exact) mass is 404 g/mol. The standard InChI is InChI=1S/C21H25FN2O3S/c1-14-11-16-12-15(9-10-19(16)24(14)28(4,26)27)20(25)23-13-21(2,3)17-7-5-6-8-18(17)22/h5-10,12,14H,11,13H2,1-4H3,(H,23,25). The van der Waals surface area contributed by atoms with Crippen molar-refractivity contribution >= 4 is 21.6 Å². The van der Waals surface area contributed by atoms with Crippen LogP contribution in [0.2, 0.25) is 0 Å². The minimum atomic E-state index is -3.37. The summed E-state index contributed by atoms with van der Waals surface area (Å²) in [5.41, 5.74) is 1.89. The van der Waals surface area contributed by atoms with Gasteiger partial charge >= 0.3 is 0 Å². The first-order valence-electron chi connectivity index (χ1n) is 9.16. The van der Waals surface area contributed by atoms with Gasteiger partial charge < -0.3 is 5.32 Å². The van der Waals surface area contributed by atoms with Crippen LogP contribution >= 0.6 is 0 Å². The quantitative estimate of drug-likeness (QED) is 0.832. The third-order valence-corrected chi connectivity index (χ3v) is 6.42. The molecule has 28 heavy (non-hydrogen) atoms. The van der Waals surface area contributed by atoms with Crippen LogP contribution in [-0.4, -0.2) is 33.2 Å². The third kappa shape index (κ3) is 3.90. The highest BCUT2D eigenvalue weighted by Crippen LogP contribution is 2.34.